The molecule has 0 spiro atoms. The predicted molar refractivity (Wildman–Crippen MR) is 164 cm³/mol. The van der Waals surface area contributed by atoms with E-state index < -0.39 is 0 Å². The van der Waals surface area contributed by atoms with Gasteiger partial charge in [0.25, 0.3) is 5.82 Å². The first-order chi connectivity index (χ1) is 19.6. The first kappa shape index (κ1) is 29.4. The van der Waals surface area contributed by atoms with Crippen LogP contribution in [0, 0.1) is 0 Å². The Morgan fingerprint density at radius 3 is 2.27 bits per heavy atom. The van der Waals surface area contributed by atoms with Crippen molar-refractivity contribution in [3.8, 4) is 5.75 Å². The van der Waals surface area contributed by atoms with E-state index in [-0.39, 0.29) is 5.91 Å². The molecule has 5 nitrogen and oxygen atoms in total. The number of nitrogens with zero attached hydrogens (tertiary/aromatic N) is 2. The Balaban J connectivity index is 1.24. The molecule has 0 aliphatic heterocycles. The molecule has 1 amide bonds. The minimum absolute atomic E-state index is 0.0235. The summed E-state index contributed by atoms with van der Waals surface area (Å²) in [6.07, 6.45) is 18.1. The van der Waals surface area contributed by atoms with Crippen LogP contribution in [0.15, 0.2) is 79.1 Å². The van der Waals surface area contributed by atoms with Gasteiger partial charge < -0.3 is 9.64 Å². The Morgan fingerprint density at radius 2 is 1.55 bits per heavy atom. The van der Waals surface area contributed by atoms with Gasteiger partial charge in [0, 0.05) is 12.6 Å². The molecule has 40 heavy (non-hydrogen) atoms. The van der Waals surface area contributed by atoms with Crippen molar-refractivity contribution < 1.29 is 13.9 Å². The fourth-order valence-electron chi connectivity index (χ4n) is 5.25. The molecular weight excluding hydrogens is 494 g/mol. The lowest BCUT2D eigenvalue weighted by molar-refractivity contribution is -0.520. The smallest absolute Gasteiger partial charge is 0.263 e. The summed E-state index contributed by atoms with van der Waals surface area (Å²) in [7, 11) is 0. The van der Waals surface area contributed by atoms with Crippen molar-refractivity contribution in [1.82, 2.24) is 4.98 Å². The number of aromatic nitrogens is 2. The molecule has 0 unspecified atom stereocenters. The minimum atomic E-state index is 0.0235. The van der Waals surface area contributed by atoms with Crippen LogP contribution in [0.3, 0.4) is 0 Å². The standard InChI is InChI=1S/C35H45N3O2/c1-3-4-5-6-7-8-9-10-11-14-24-40-34-18-15-16-31(25-34)28-38(29(2)39)32-21-19-30(20-22-32)26-35-36-27-33-17-12-13-23-37(33)35/h12-13,15-23,25,27H,3-11,14,24,26,28H2,1-2H3/p+1. The molecule has 0 aliphatic rings. The number of benzene rings is 2. The first-order valence-electron chi connectivity index (χ1n) is 15.2. The molecular formula is C35H46N3O2+. The lowest BCUT2D eigenvalue weighted by Gasteiger charge is -2.22. The van der Waals surface area contributed by atoms with Crippen LogP contribution in [0.2, 0.25) is 0 Å². The lowest BCUT2D eigenvalue weighted by Crippen LogP contribution is -2.27. The van der Waals surface area contributed by atoms with Gasteiger partial charge in [-0.05, 0) is 53.9 Å². The average Bonchev–Trinajstić information content (AvgIpc) is 3.38. The number of imidazole rings is 1. The van der Waals surface area contributed by atoms with Crippen LogP contribution in [0.25, 0.3) is 5.52 Å². The zero-order chi connectivity index (χ0) is 28.0. The van der Waals surface area contributed by atoms with Crippen molar-refractivity contribution in [1.29, 1.82) is 0 Å². The van der Waals surface area contributed by atoms with Crippen LogP contribution in [-0.4, -0.2) is 17.5 Å². The molecule has 0 radical (unpaired) electrons. The highest BCUT2D eigenvalue weighted by atomic mass is 16.5. The van der Waals surface area contributed by atoms with Gasteiger partial charge in [-0.2, -0.15) is 4.40 Å². The highest BCUT2D eigenvalue weighted by molar-refractivity contribution is 5.91. The fourth-order valence-corrected chi connectivity index (χ4v) is 5.25. The third-order valence-corrected chi connectivity index (χ3v) is 7.57. The predicted octanol–water partition coefficient (Wildman–Crippen LogP) is 8.20. The molecule has 212 valence electrons. The summed E-state index contributed by atoms with van der Waals surface area (Å²) in [6, 6.07) is 22.6. The van der Waals surface area contributed by atoms with Gasteiger partial charge in [-0.1, -0.05) is 95.0 Å². The van der Waals surface area contributed by atoms with Gasteiger partial charge in [-0.15, -0.1) is 0 Å². The van der Waals surface area contributed by atoms with E-state index >= 15 is 0 Å². The third-order valence-electron chi connectivity index (χ3n) is 7.57. The molecule has 5 heteroatoms. The molecule has 2 aromatic heterocycles. The zero-order valence-corrected chi connectivity index (χ0v) is 24.4. The second-order valence-corrected chi connectivity index (χ2v) is 10.9. The number of H-pyrrole nitrogens is 1. The molecule has 2 heterocycles. The number of carbonyl (C=O) groups excluding carboxylic acids is 1. The normalized spacial score (nSPS) is 11.2. The fraction of sp³-hybridized carbons (Fsp3) is 0.429. The topological polar surface area (TPSA) is 49.4 Å². The van der Waals surface area contributed by atoms with Crippen LogP contribution in [0.5, 0.6) is 5.75 Å². The number of ether oxygens (including phenoxy) is 1. The molecule has 0 atom stereocenters. The molecule has 0 saturated heterocycles. The number of hydrogen-bond acceptors (Lipinski definition) is 2. The Bertz CT molecular complexity index is 1310. The highest BCUT2D eigenvalue weighted by Crippen LogP contribution is 2.22. The van der Waals surface area contributed by atoms with E-state index in [9.17, 15) is 4.79 Å². The minimum Gasteiger partial charge on any atom is -0.494 e. The van der Waals surface area contributed by atoms with E-state index in [1.54, 1.807) is 6.92 Å². The summed E-state index contributed by atoms with van der Waals surface area (Å²) < 4.78 is 8.22. The number of rotatable bonds is 17. The Kier molecular flexibility index (Phi) is 11.6. The Hall–Kier alpha value is -3.60. The van der Waals surface area contributed by atoms with Gasteiger partial charge in [0.05, 0.1) is 25.8 Å². The van der Waals surface area contributed by atoms with Crippen LogP contribution >= 0.6 is 0 Å². The van der Waals surface area contributed by atoms with Crippen molar-refractivity contribution in [2.24, 2.45) is 0 Å². The summed E-state index contributed by atoms with van der Waals surface area (Å²) in [6.45, 7) is 5.15. The second kappa shape index (κ2) is 15.9. The van der Waals surface area contributed by atoms with Crippen molar-refractivity contribution in [3.63, 3.8) is 0 Å². The van der Waals surface area contributed by atoms with E-state index in [0.717, 1.165) is 47.8 Å². The van der Waals surface area contributed by atoms with E-state index in [2.05, 4.69) is 52.8 Å². The Morgan fingerprint density at radius 1 is 0.825 bits per heavy atom. The number of amides is 1. The maximum absolute atomic E-state index is 12.6. The molecule has 0 saturated carbocycles. The monoisotopic (exact) mass is 540 g/mol. The summed E-state index contributed by atoms with van der Waals surface area (Å²) in [5, 5.41) is 0. The molecule has 4 aromatic rings. The van der Waals surface area contributed by atoms with Gasteiger partial charge in [0.2, 0.25) is 5.91 Å². The van der Waals surface area contributed by atoms with Gasteiger partial charge in [-0.25, -0.2) is 4.98 Å². The van der Waals surface area contributed by atoms with Crippen LogP contribution in [-0.2, 0) is 17.8 Å². The number of aromatic amines is 1. The van der Waals surface area contributed by atoms with Crippen LogP contribution < -0.4 is 14.0 Å². The van der Waals surface area contributed by atoms with Crippen LogP contribution in [0.4, 0.5) is 5.69 Å². The Labute approximate surface area is 240 Å². The summed E-state index contributed by atoms with van der Waals surface area (Å²) in [4.78, 5) is 17.8. The number of anilines is 1. The molecule has 0 fully saturated rings. The molecule has 2 aromatic carbocycles. The summed E-state index contributed by atoms with van der Waals surface area (Å²) in [5.74, 6) is 2.03. The van der Waals surface area contributed by atoms with E-state index in [0.29, 0.717) is 6.54 Å². The van der Waals surface area contributed by atoms with Gasteiger partial charge in [0.1, 0.15) is 11.9 Å². The largest absolute Gasteiger partial charge is 0.494 e. The average molecular weight is 541 g/mol. The van der Waals surface area contributed by atoms with E-state index in [1.165, 1.54) is 63.4 Å². The van der Waals surface area contributed by atoms with Crippen molar-refractivity contribution in [2.75, 3.05) is 11.5 Å². The van der Waals surface area contributed by atoms with E-state index in [1.807, 2.05) is 47.5 Å². The van der Waals surface area contributed by atoms with Crippen molar-refractivity contribution in [2.45, 2.75) is 91.0 Å². The SMILES string of the molecule is CCCCCCCCCCCCOc1cccc(CN(C(C)=O)c2ccc(Cc3[nH]cc4cccc[n+]34)cc2)c1. The van der Waals surface area contributed by atoms with Gasteiger partial charge >= 0.3 is 0 Å². The summed E-state index contributed by atoms with van der Waals surface area (Å²) in [5.41, 5.74) is 4.30. The molecule has 4 rings (SSSR count). The van der Waals surface area contributed by atoms with Gasteiger partial charge in [0.15, 0.2) is 5.52 Å². The maximum Gasteiger partial charge on any atom is 0.263 e. The summed E-state index contributed by atoms with van der Waals surface area (Å²) >= 11 is 0. The number of nitrogens with one attached hydrogen (secondary N) is 1. The number of pyridine rings is 1. The molecule has 0 bridgehead atoms. The number of fused-ring (bicyclic) bond motifs is 1. The number of carbonyl (C=O) groups is 1. The highest BCUT2D eigenvalue weighted by Gasteiger charge is 2.15. The van der Waals surface area contributed by atoms with E-state index in [4.69, 9.17) is 4.74 Å². The quantitative estimate of drug-likeness (QED) is 0.108. The van der Waals surface area contributed by atoms with Crippen molar-refractivity contribution >= 4 is 17.1 Å². The number of hydrogen-bond donors (Lipinski definition) is 1. The van der Waals surface area contributed by atoms with Crippen molar-refractivity contribution in [3.05, 3.63) is 96.1 Å². The third kappa shape index (κ3) is 8.97. The zero-order valence-electron chi connectivity index (χ0n) is 24.4. The van der Waals surface area contributed by atoms with Gasteiger partial charge in [-0.3, -0.25) is 4.79 Å². The molecule has 1 N–H and O–H groups in total. The lowest BCUT2D eigenvalue weighted by atomic mass is 10.1. The molecule has 0 aliphatic carbocycles. The first-order valence-corrected chi connectivity index (χ1v) is 15.2. The van der Waals surface area contributed by atoms with Crippen LogP contribution in [0.1, 0.15) is 95.0 Å². The second-order valence-electron chi connectivity index (χ2n) is 10.9. The number of unbranched alkanes of at least 4 members (excludes halogenated alkanes) is 9. The maximum atomic E-state index is 12.6.